The molecule has 0 saturated carbocycles. The monoisotopic (exact) mass is 496 g/mol. The van der Waals surface area contributed by atoms with Gasteiger partial charge >= 0.3 is 6.18 Å². The SMILES string of the molecule is CCS(=O)(=O)c1cc(C(F)(F)F)ccc1-c1nc2c(n1C)=CCC(S(F)(F)(F)(F)F)C=2. The Hall–Kier alpha value is -2.09. The molecule has 31 heavy (non-hydrogen) atoms. The summed E-state index contributed by atoms with van der Waals surface area (Å²) in [5.74, 6) is -0.809. The molecule has 1 aliphatic rings. The van der Waals surface area contributed by atoms with E-state index >= 15 is 0 Å². The van der Waals surface area contributed by atoms with Crippen molar-refractivity contribution in [1.29, 1.82) is 0 Å². The van der Waals surface area contributed by atoms with Gasteiger partial charge < -0.3 is 4.57 Å². The normalized spacial score (nSPS) is 19.6. The minimum atomic E-state index is -9.86. The van der Waals surface area contributed by atoms with Crippen LogP contribution in [-0.2, 0) is 23.1 Å². The Kier molecular flexibility index (Phi) is 4.74. The minimum absolute atomic E-state index is 0.0212. The van der Waals surface area contributed by atoms with Crippen LogP contribution in [0.25, 0.3) is 23.5 Å². The number of halogens is 8. The Labute approximate surface area is 171 Å². The van der Waals surface area contributed by atoms with Gasteiger partial charge in [0, 0.05) is 12.6 Å². The number of benzene rings is 1. The van der Waals surface area contributed by atoms with Crippen molar-refractivity contribution in [2.45, 2.75) is 29.7 Å². The number of alkyl halides is 3. The van der Waals surface area contributed by atoms with Crippen LogP contribution >= 0.6 is 10.2 Å². The number of hydrogen-bond donors (Lipinski definition) is 0. The molecule has 0 aliphatic heterocycles. The van der Waals surface area contributed by atoms with Crippen molar-refractivity contribution in [3.8, 4) is 11.4 Å². The van der Waals surface area contributed by atoms with Crippen LogP contribution in [0.4, 0.5) is 32.6 Å². The van der Waals surface area contributed by atoms with E-state index in [1.807, 2.05) is 0 Å². The number of aromatic nitrogens is 2. The van der Waals surface area contributed by atoms with Gasteiger partial charge in [0.05, 0.1) is 26.9 Å². The van der Waals surface area contributed by atoms with E-state index in [1.54, 1.807) is 0 Å². The Bertz CT molecular complexity index is 1290. The van der Waals surface area contributed by atoms with E-state index in [2.05, 4.69) is 4.98 Å². The van der Waals surface area contributed by atoms with Crippen LogP contribution in [0.5, 0.6) is 0 Å². The van der Waals surface area contributed by atoms with Gasteiger partial charge in [-0.05, 0) is 30.7 Å². The molecular formula is C17H16F8N2O2S2. The zero-order valence-electron chi connectivity index (χ0n) is 15.9. The van der Waals surface area contributed by atoms with Crippen molar-refractivity contribution in [1.82, 2.24) is 9.55 Å². The third kappa shape index (κ3) is 4.45. The van der Waals surface area contributed by atoms with E-state index in [0.717, 1.165) is 16.7 Å². The maximum absolute atomic E-state index is 13.2. The smallest absolute Gasteiger partial charge is 0.327 e. The zero-order valence-corrected chi connectivity index (χ0v) is 17.6. The Morgan fingerprint density at radius 2 is 1.77 bits per heavy atom. The first kappa shape index (κ1) is 23.6. The Morgan fingerprint density at radius 1 is 1.16 bits per heavy atom. The lowest BCUT2D eigenvalue weighted by atomic mass is 10.1. The van der Waals surface area contributed by atoms with Crippen molar-refractivity contribution >= 4 is 32.2 Å². The predicted molar refractivity (Wildman–Crippen MR) is 101 cm³/mol. The summed E-state index contributed by atoms with van der Waals surface area (Å²) in [6.45, 7) is 1.21. The lowest BCUT2D eigenvalue weighted by Crippen LogP contribution is -2.37. The lowest BCUT2D eigenvalue weighted by molar-refractivity contribution is -0.137. The van der Waals surface area contributed by atoms with Crippen molar-refractivity contribution in [3.63, 3.8) is 0 Å². The second kappa shape index (κ2) is 6.24. The molecule has 1 unspecified atom stereocenters. The summed E-state index contributed by atoms with van der Waals surface area (Å²) >= 11 is 0. The number of fused-ring (bicyclic) bond motifs is 1. The van der Waals surface area contributed by atoms with Gasteiger partial charge in [-0.1, -0.05) is 32.4 Å². The van der Waals surface area contributed by atoms with Gasteiger partial charge in [-0.2, -0.15) is 13.2 Å². The largest absolute Gasteiger partial charge is 0.416 e. The minimum Gasteiger partial charge on any atom is -0.327 e. The molecule has 4 nitrogen and oxygen atoms in total. The number of imidazole rings is 1. The highest BCUT2D eigenvalue weighted by Crippen LogP contribution is 3.00. The molecule has 0 amide bonds. The third-order valence-corrected chi connectivity index (χ3v) is 8.13. The maximum atomic E-state index is 13.2. The van der Waals surface area contributed by atoms with Crippen LogP contribution in [0.1, 0.15) is 18.9 Å². The lowest BCUT2D eigenvalue weighted by Gasteiger charge is -2.45. The number of hydrogen-bond acceptors (Lipinski definition) is 3. The molecule has 3 rings (SSSR count). The fourth-order valence-corrected chi connectivity index (χ4v) is 5.17. The first-order valence-corrected chi connectivity index (χ1v) is 12.3. The second-order valence-electron chi connectivity index (χ2n) is 7.05. The van der Waals surface area contributed by atoms with Crippen LogP contribution < -0.4 is 10.7 Å². The molecule has 1 aromatic heterocycles. The van der Waals surface area contributed by atoms with Gasteiger partial charge in [-0.25, -0.2) is 13.4 Å². The van der Waals surface area contributed by atoms with E-state index < -0.39 is 59.5 Å². The van der Waals surface area contributed by atoms with Crippen LogP contribution in [0.3, 0.4) is 0 Å². The standard InChI is InChI=1S/C17H16F8N2O2S2/c1-3-30(28,29)15-8-10(17(18,19)20)4-6-12(15)16-26-13-9-11(31(21,22,23,24)25)5-7-14(13)27(16)2/h4,6-9,11H,3,5H2,1-2H3. The van der Waals surface area contributed by atoms with E-state index in [1.165, 1.54) is 14.0 Å². The second-order valence-corrected chi connectivity index (χ2v) is 12.0. The van der Waals surface area contributed by atoms with Crippen LogP contribution in [0, 0.1) is 0 Å². The van der Waals surface area contributed by atoms with Crippen molar-refractivity contribution in [2.75, 3.05) is 5.75 Å². The number of nitrogens with zero attached hydrogens (tertiary/aromatic N) is 2. The topological polar surface area (TPSA) is 52.0 Å². The molecule has 14 heteroatoms. The van der Waals surface area contributed by atoms with Crippen molar-refractivity contribution < 1.29 is 41.0 Å². The highest BCUT2D eigenvalue weighted by molar-refractivity contribution is 8.46. The van der Waals surface area contributed by atoms with Crippen LogP contribution in [0.2, 0.25) is 0 Å². The molecule has 2 aromatic rings. The first-order chi connectivity index (χ1) is 13.7. The highest BCUT2D eigenvalue weighted by Gasteiger charge is 2.69. The van der Waals surface area contributed by atoms with Crippen LogP contribution in [-0.4, -0.2) is 29.0 Å². The number of sulfone groups is 1. The average molecular weight is 496 g/mol. The quantitative estimate of drug-likeness (QED) is 0.585. The average Bonchev–Trinajstić information content (AvgIpc) is 2.95. The Balaban J connectivity index is 2.30. The highest BCUT2D eigenvalue weighted by atomic mass is 32.5. The van der Waals surface area contributed by atoms with Gasteiger partial charge in [0.1, 0.15) is 11.1 Å². The summed E-state index contributed by atoms with van der Waals surface area (Å²) in [7, 11) is -12.8. The summed E-state index contributed by atoms with van der Waals surface area (Å²) in [5, 5.41) is -3.49. The van der Waals surface area contributed by atoms with E-state index in [4.69, 9.17) is 0 Å². The predicted octanol–water partition coefficient (Wildman–Crippen LogP) is 4.53. The number of rotatable bonds is 4. The molecule has 0 bridgehead atoms. The van der Waals surface area contributed by atoms with Crippen LogP contribution in [0.15, 0.2) is 23.1 Å². The third-order valence-electron chi connectivity index (χ3n) is 4.89. The van der Waals surface area contributed by atoms with Gasteiger partial charge in [-0.15, -0.1) is 0 Å². The maximum Gasteiger partial charge on any atom is 0.416 e. The molecular weight excluding hydrogens is 480 g/mol. The fraction of sp³-hybridized carbons (Fsp3) is 0.353. The molecule has 1 heterocycles. The van der Waals surface area contributed by atoms with Gasteiger partial charge in [-0.3, -0.25) is 0 Å². The van der Waals surface area contributed by atoms with Gasteiger partial charge in [0.15, 0.2) is 9.84 Å². The molecule has 0 saturated heterocycles. The molecule has 1 atom stereocenters. The Morgan fingerprint density at radius 3 is 2.29 bits per heavy atom. The molecule has 0 fully saturated rings. The fourth-order valence-electron chi connectivity index (χ4n) is 3.22. The van der Waals surface area contributed by atoms with Gasteiger partial charge in [0.25, 0.3) is 10.2 Å². The zero-order chi connectivity index (χ0) is 23.7. The van der Waals surface area contributed by atoms with Crippen molar-refractivity contribution in [3.05, 3.63) is 34.5 Å². The first-order valence-electron chi connectivity index (χ1n) is 8.66. The molecule has 1 aromatic carbocycles. The van der Waals surface area contributed by atoms with E-state index in [9.17, 15) is 41.0 Å². The molecule has 1 aliphatic carbocycles. The summed E-state index contributed by atoms with van der Waals surface area (Å²) in [6, 6.07) is 1.89. The van der Waals surface area contributed by atoms with Crippen molar-refractivity contribution in [2.24, 2.45) is 7.05 Å². The summed E-state index contributed by atoms with van der Waals surface area (Å²) < 4.78 is 131. The molecule has 0 N–H and O–H groups in total. The van der Waals surface area contributed by atoms with Gasteiger partial charge in [0.2, 0.25) is 0 Å². The molecule has 0 radical (unpaired) electrons. The summed E-state index contributed by atoms with van der Waals surface area (Å²) in [6.07, 6.45) is -4.73. The summed E-state index contributed by atoms with van der Waals surface area (Å²) in [4.78, 5) is 3.15. The molecule has 174 valence electrons. The molecule has 0 spiro atoms. The van der Waals surface area contributed by atoms with E-state index in [-0.39, 0.29) is 22.8 Å². The summed E-state index contributed by atoms with van der Waals surface area (Å²) in [5.41, 5.74) is -1.52. The van der Waals surface area contributed by atoms with E-state index in [0.29, 0.717) is 12.1 Å².